The maximum atomic E-state index is 13.6. The maximum absolute atomic E-state index is 13.6. The number of nitrogens with one attached hydrogen (secondary N) is 1. The van der Waals surface area contributed by atoms with Crippen LogP contribution < -0.4 is 11.3 Å². The number of rotatable bonds is 4. The lowest BCUT2D eigenvalue weighted by Crippen LogP contribution is -2.42. The molecule has 0 aromatic heterocycles. The van der Waals surface area contributed by atoms with Crippen LogP contribution in [-0.4, -0.2) is 6.04 Å². The lowest BCUT2D eigenvalue weighted by atomic mass is 9.92. The number of hydrogen-bond acceptors (Lipinski definition) is 2. The van der Waals surface area contributed by atoms with Gasteiger partial charge in [0.2, 0.25) is 0 Å². The van der Waals surface area contributed by atoms with E-state index in [0.717, 1.165) is 18.9 Å². The van der Waals surface area contributed by atoms with Crippen LogP contribution in [0.25, 0.3) is 0 Å². The van der Waals surface area contributed by atoms with E-state index in [1.165, 1.54) is 18.6 Å². The van der Waals surface area contributed by atoms with Crippen LogP contribution in [0.2, 0.25) is 0 Å². The minimum atomic E-state index is -0.539. The fourth-order valence-corrected chi connectivity index (χ4v) is 2.90. The summed E-state index contributed by atoms with van der Waals surface area (Å²) < 4.78 is 26.4. The summed E-state index contributed by atoms with van der Waals surface area (Å²) in [5.41, 5.74) is 3.32. The summed E-state index contributed by atoms with van der Waals surface area (Å²) in [6, 6.07) is 3.80. The van der Waals surface area contributed by atoms with Crippen LogP contribution in [0, 0.1) is 23.5 Å². The van der Waals surface area contributed by atoms with Crippen molar-refractivity contribution in [2.75, 3.05) is 0 Å². The number of hydrazine groups is 1. The van der Waals surface area contributed by atoms with Crippen molar-refractivity contribution in [2.45, 2.75) is 38.6 Å². The Morgan fingerprint density at radius 1 is 1.39 bits per heavy atom. The first-order chi connectivity index (χ1) is 8.60. The molecule has 3 unspecified atom stereocenters. The van der Waals surface area contributed by atoms with Crippen molar-refractivity contribution in [1.82, 2.24) is 5.43 Å². The molecule has 2 nitrogen and oxygen atoms in total. The van der Waals surface area contributed by atoms with Gasteiger partial charge in [0.25, 0.3) is 0 Å². The normalized spacial score (nSPS) is 25.3. The summed E-state index contributed by atoms with van der Waals surface area (Å²) in [4.78, 5) is 0. The van der Waals surface area contributed by atoms with Crippen molar-refractivity contribution in [3.05, 3.63) is 35.4 Å². The highest BCUT2D eigenvalue weighted by Gasteiger charge is 2.28. The molecule has 3 N–H and O–H groups in total. The Hall–Kier alpha value is -1.00. The number of nitrogens with two attached hydrogens (primary N) is 1. The number of hydrogen-bond donors (Lipinski definition) is 2. The predicted molar refractivity (Wildman–Crippen MR) is 67.7 cm³/mol. The van der Waals surface area contributed by atoms with Gasteiger partial charge >= 0.3 is 0 Å². The molecule has 0 saturated heterocycles. The van der Waals surface area contributed by atoms with Gasteiger partial charge in [0, 0.05) is 12.1 Å². The highest BCUT2D eigenvalue weighted by molar-refractivity contribution is 5.20. The second kappa shape index (κ2) is 5.76. The van der Waals surface area contributed by atoms with E-state index in [4.69, 9.17) is 5.84 Å². The average molecular weight is 254 g/mol. The Morgan fingerprint density at radius 3 is 2.72 bits per heavy atom. The van der Waals surface area contributed by atoms with Crippen LogP contribution in [-0.2, 0) is 6.42 Å². The molecular weight excluding hydrogens is 234 g/mol. The van der Waals surface area contributed by atoms with Crippen molar-refractivity contribution >= 4 is 0 Å². The molecule has 1 fully saturated rings. The van der Waals surface area contributed by atoms with Gasteiger partial charge in [0.1, 0.15) is 11.6 Å². The van der Waals surface area contributed by atoms with E-state index in [0.29, 0.717) is 23.8 Å². The summed E-state index contributed by atoms with van der Waals surface area (Å²) in [5.74, 6) is 5.75. The topological polar surface area (TPSA) is 38.0 Å². The van der Waals surface area contributed by atoms with Crippen molar-refractivity contribution < 1.29 is 8.78 Å². The molecule has 4 heteroatoms. The number of benzene rings is 1. The van der Waals surface area contributed by atoms with Gasteiger partial charge < -0.3 is 0 Å². The Balaban J connectivity index is 2.05. The molecule has 1 aromatic rings. The van der Waals surface area contributed by atoms with E-state index in [2.05, 4.69) is 12.3 Å². The van der Waals surface area contributed by atoms with Gasteiger partial charge in [0.15, 0.2) is 0 Å². The maximum Gasteiger partial charge on any atom is 0.129 e. The molecule has 1 aromatic carbocycles. The third-order valence-electron chi connectivity index (χ3n) is 3.97. The smallest absolute Gasteiger partial charge is 0.129 e. The second-order valence-electron chi connectivity index (χ2n) is 5.39. The van der Waals surface area contributed by atoms with Crippen LogP contribution in [0.3, 0.4) is 0 Å². The van der Waals surface area contributed by atoms with Crippen molar-refractivity contribution in [3.63, 3.8) is 0 Å². The summed E-state index contributed by atoms with van der Waals surface area (Å²) >= 11 is 0. The lowest BCUT2D eigenvalue weighted by molar-refractivity contribution is 0.349. The van der Waals surface area contributed by atoms with Crippen LogP contribution in [0.4, 0.5) is 8.78 Å². The van der Waals surface area contributed by atoms with Crippen molar-refractivity contribution in [1.29, 1.82) is 0 Å². The summed E-state index contributed by atoms with van der Waals surface area (Å²) in [6.07, 6.45) is 3.96. The molecule has 0 amide bonds. The fourth-order valence-electron chi connectivity index (χ4n) is 2.90. The zero-order valence-electron chi connectivity index (χ0n) is 10.6. The summed E-state index contributed by atoms with van der Waals surface area (Å²) in [7, 11) is 0. The molecule has 18 heavy (non-hydrogen) atoms. The monoisotopic (exact) mass is 254 g/mol. The molecule has 2 rings (SSSR count). The Bertz CT molecular complexity index is 409. The van der Waals surface area contributed by atoms with E-state index in [9.17, 15) is 8.78 Å². The zero-order valence-corrected chi connectivity index (χ0v) is 10.6. The fraction of sp³-hybridized carbons (Fsp3) is 0.571. The Labute approximate surface area is 107 Å². The van der Waals surface area contributed by atoms with Crippen LogP contribution in [0.5, 0.6) is 0 Å². The molecule has 100 valence electrons. The molecule has 3 atom stereocenters. The standard InChI is InChI=1S/C14H20F2N2/c1-9-2-3-11(6-9)14(18-17)7-10-4-5-12(15)8-13(10)16/h4-5,8-9,11,14,18H,2-3,6-7,17H2,1H3. The Kier molecular flexibility index (Phi) is 4.30. The molecule has 0 bridgehead atoms. The zero-order chi connectivity index (χ0) is 13.1. The molecule has 0 heterocycles. The minimum Gasteiger partial charge on any atom is -0.271 e. The van der Waals surface area contributed by atoms with Gasteiger partial charge in [0.05, 0.1) is 0 Å². The molecule has 1 aliphatic carbocycles. The average Bonchev–Trinajstić information content (AvgIpc) is 2.75. The highest BCUT2D eigenvalue weighted by Crippen LogP contribution is 2.33. The van der Waals surface area contributed by atoms with Crippen molar-refractivity contribution in [3.8, 4) is 0 Å². The minimum absolute atomic E-state index is 0.0647. The van der Waals surface area contributed by atoms with Crippen molar-refractivity contribution in [2.24, 2.45) is 17.7 Å². The summed E-state index contributed by atoms with van der Waals surface area (Å²) in [6.45, 7) is 2.23. The van der Waals surface area contributed by atoms with Crippen LogP contribution in [0.1, 0.15) is 31.7 Å². The van der Waals surface area contributed by atoms with Gasteiger partial charge in [-0.25, -0.2) is 8.78 Å². The van der Waals surface area contributed by atoms with Gasteiger partial charge in [-0.15, -0.1) is 0 Å². The van der Waals surface area contributed by atoms with Gasteiger partial charge in [-0.3, -0.25) is 11.3 Å². The molecule has 0 spiro atoms. The molecule has 0 radical (unpaired) electrons. The lowest BCUT2D eigenvalue weighted by Gasteiger charge is -2.23. The first-order valence-corrected chi connectivity index (χ1v) is 6.50. The quantitative estimate of drug-likeness (QED) is 0.640. The SMILES string of the molecule is CC1CCC(C(Cc2ccc(F)cc2F)NN)C1. The molecule has 0 aliphatic heterocycles. The van der Waals surface area contributed by atoms with Gasteiger partial charge in [-0.2, -0.15) is 0 Å². The van der Waals surface area contributed by atoms with E-state index < -0.39 is 11.6 Å². The van der Waals surface area contributed by atoms with E-state index in [1.807, 2.05) is 0 Å². The van der Waals surface area contributed by atoms with E-state index in [-0.39, 0.29) is 6.04 Å². The number of halogens is 2. The highest BCUT2D eigenvalue weighted by atomic mass is 19.1. The second-order valence-corrected chi connectivity index (χ2v) is 5.39. The Morgan fingerprint density at radius 2 is 2.17 bits per heavy atom. The first-order valence-electron chi connectivity index (χ1n) is 6.50. The molecular formula is C14H20F2N2. The first kappa shape index (κ1) is 13.4. The third-order valence-corrected chi connectivity index (χ3v) is 3.97. The largest absolute Gasteiger partial charge is 0.271 e. The van der Waals surface area contributed by atoms with Crippen LogP contribution >= 0.6 is 0 Å². The third kappa shape index (κ3) is 3.06. The van der Waals surface area contributed by atoms with Gasteiger partial charge in [-0.1, -0.05) is 19.4 Å². The van der Waals surface area contributed by atoms with E-state index >= 15 is 0 Å². The summed E-state index contributed by atoms with van der Waals surface area (Å²) in [5, 5.41) is 0. The molecule has 1 aliphatic rings. The molecule has 1 saturated carbocycles. The van der Waals surface area contributed by atoms with Crippen LogP contribution in [0.15, 0.2) is 18.2 Å². The van der Waals surface area contributed by atoms with Gasteiger partial charge in [-0.05, 0) is 42.7 Å². The van der Waals surface area contributed by atoms with E-state index in [1.54, 1.807) is 0 Å². The predicted octanol–water partition coefficient (Wildman–Crippen LogP) is 2.78.